The summed E-state index contributed by atoms with van der Waals surface area (Å²) in [5.41, 5.74) is 1.28. The average Bonchev–Trinajstić information content (AvgIpc) is 2.97. The maximum absolute atomic E-state index is 12.1. The molecular formula is C13H12BrN7O. The SMILES string of the molecule is CN(CC(=O)Nc1ccccc1Br)c1ccc2nnnn2n1. The number of anilines is 2. The molecule has 0 saturated heterocycles. The van der Waals surface area contributed by atoms with Crippen LogP contribution in [0.4, 0.5) is 11.5 Å². The Labute approximate surface area is 134 Å². The van der Waals surface area contributed by atoms with Gasteiger partial charge in [-0.3, -0.25) is 4.79 Å². The molecule has 2 aromatic heterocycles. The molecule has 0 unspecified atom stereocenters. The van der Waals surface area contributed by atoms with Crippen molar-refractivity contribution in [3.8, 4) is 0 Å². The zero-order valence-corrected chi connectivity index (χ0v) is 13.2. The summed E-state index contributed by atoms with van der Waals surface area (Å²) < 4.78 is 2.15. The second-order valence-electron chi connectivity index (χ2n) is 4.60. The number of halogens is 1. The maximum Gasteiger partial charge on any atom is 0.243 e. The van der Waals surface area contributed by atoms with Gasteiger partial charge in [0.05, 0.1) is 12.2 Å². The molecule has 9 heteroatoms. The molecule has 22 heavy (non-hydrogen) atoms. The predicted molar refractivity (Wildman–Crippen MR) is 84.6 cm³/mol. The fourth-order valence-electron chi connectivity index (χ4n) is 1.89. The highest BCUT2D eigenvalue weighted by molar-refractivity contribution is 9.10. The van der Waals surface area contributed by atoms with Crippen molar-refractivity contribution in [1.29, 1.82) is 0 Å². The summed E-state index contributed by atoms with van der Waals surface area (Å²) in [5.74, 6) is 0.454. The number of amides is 1. The summed E-state index contributed by atoms with van der Waals surface area (Å²) in [6.45, 7) is 0.155. The Morgan fingerprint density at radius 1 is 1.32 bits per heavy atom. The number of hydrogen-bond donors (Lipinski definition) is 1. The summed E-state index contributed by atoms with van der Waals surface area (Å²) in [6, 6.07) is 10.9. The number of likely N-dealkylation sites (N-methyl/N-ethyl adjacent to an activating group) is 1. The van der Waals surface area contributed by atoms with Gasteiger partial charge in [-0.25, -0.2) is 0 Å². The molecule has 0 spiro atoms. The van der Waals surface area contributed by atoms with Gasteiger partial charge in [0.1, 0.15) is 0 Å². The third-order valence-corrected chi connectivity index (χ3v) is 3.67. The van der Waals surface area contributed by atoms with Crippen LogP contribution >= 0.6 is 15.9 Å². The van der Waals surface area contributed by atoms with Gasteiger partial charge < -0.3 is 10.2 Å². The molecule has 1 aromatic carbocycles. The van der Waals surface area contributed by atoms with Gasteiger partial charge in [0.2, 0.25) is 5.91 Å². The van der Waals surface area contributed by atoms with Crippen LogP contribution in [0, 0.1) is 0 Å². The minimum Gasteiger partial charge on any atom is -0.349 e. The zero-order chi connectivity index (χ0) is 15.5. The van der Waals surface area contributed by atoms with Crippen molar-refractivity contribution >= 4 is 39.0 Å². The molecule has 3 rings (SSSR count). The van der Waals surface area contributed by atoms with E-state index in [1.54, 1.807) is 24.1 Å². The fraction of sp³-hybridized carbons (Fsp3) is 0.154. The van der Waals surface area contributed by atoms with Gasteiger partial charge in [0.25, 0.3) is 0 Å². The largest absolute Gasteiger partial charge is 0.349 e. The Hall–Kier alpha value is -2.55. The number of para-hydroxylation sites is 1. The van der Waals surface area contributed by atoms with E-state index in [9.17, 15) is 4.79 Å². The molecule has 0 aliphatic rings. The molecule has 0 fully saturated rings. The Morgan fingerprint density at radius 3 is 2.95 bits per heavy atom. The zero-order valence-electron chi connectivity index (χ0n) is 11.6. The minimum atomic E-state index is -0.145. The summed E-state index contributed by atoms with van der Waals surface area (Å²) in [6.07, 6.45) is 0. The van der Waals surface area contributed by atoms with Crippen molar-refractivity contribution in [1.82, 2.24) is 25.3 Å². The van der Waals surface area contributed by atoms with Crippen molar-refractivity contribution in [2.45, 2.75) is 0 Å². The van der Waals surface area contributed by atoms with E-state index >= 15 is 0 Å². The molecular weight excluding hydrogens is 350 g/mol. The number of benzene rings is 1. The Morgan fingerprint density at radius 2 is 2.14 bits per heavy atom. The van der Waals surface area contributed by atoms with E-state index in [-0.39, 0.29) is 12.5 Å². The molecule has 3 aromatic rings. The first-order valence-electron chi connectivity index (χ1n) is 6.44. The van der Waals surface area contributed by atoms with Crippen molar-refractivity contribution < 1.29 is 4.79 Å². The molecule has 0 bridgehead atoms. The number of hydrogen-bond acceptors (Lipinski definition) is 6. The molecule has 0 radical (unpaired) electrons. The molecule has 112 valence electrons. The highest BCUT2D eigenvalue weighted by atomic mass is 79.9. The van der Waals surface area contributed by atoms with Crippen LogP contribution in [0.5, 0.6) is 0 Å². The van der Waals surface area contributed by atoms with Crippen LogP contribution in [0.25, 0.3) is 5.65 Å². The van der Waals surface area contributed by atoms with Crippen molar-refractivity contribution in [3.63, 3.8) is 0 Å². The summed E-state index contributed by atoms with van der Waals surface area (Å²) in [5, 5.41) is 18.1. The predicted octanol–water partition coefficient (Wildman–Crippen LogP) is 1.36. The molecule has 0 atom stereocenters. The van der Waals surface area contributed by atoms with Crippen LogP contribution in [-0.4, -0.2) is 44.8 Å². The normalized spacial score (nSPS) is 10.6. The first-order valence-corrected chi connectivity index (χ1v) is 7.24. The van der Waals surface area contributed by atoms with Gasteiger partial charge in [-0.15, -0.1) is 14.8 Å². The van der Waals surface area contributed by atoms with E-state index in [0.717, 1.165) is 10.2 Å². The fourth-order valence-corrected chi connectivity index (χ4v) is 2.28. The quantitative estimate of drug-likeness (QED) is 0.754. The number of tetrazole rings is 1. The van der Waals surface area contributed by atoms with E-state index in [0.29, 0.717) is 11.5 Å². The van der Waals surface area contributed by atoms with Gasteiger partial charge in [0, 0.05) is 11.5 Å². The highest BCUT2D eigenvalue weighted by Crippen LogP contribution is 2.21. The van der Waals surface area contributed by atoms with E-state index in [2.05, 4.69) is 41.9 Å². The number of nitrogens with one attached hydrogen (secondary N) is 1. The third kappa shape index (κ3) is 3.03. The monoisotopic (exact) mass is 361 g/mol. The molecule has 0 aliphatic heterocycles. The topological polar surface area (TPSA) is 88.3 Å². The molecule has 0 aliphatic carbocycles. The molecule has 1 amide bonds. The van der Waals surface area contributed by atoms with E-state index in [4.69, 9.17) is 0 Å². The van der Waals surface area contributed by atoms with Crippen LogP contribution in [0.15, 0.2) is 40.9 Å². The van der Waals surface area contributed by atoms with Gasteiger partial charge >= 0.3 is 0 Å². The van der Waals surface area contributed by atoms with E-state index in [1.807, 2.05) is 24.3 Å². The number of carbonyl (C=O) groups is 1. The van der Waals surface area contributed by atoms with Crippen LogP contribution in [0.1, 0.15) is 0 Å². The van der Waals surface area contributed by atoms with E-state index in [1.165, 1.54) is 4.63 Å². The first kappa shape index (κ1) is 14.4. The Kier molecular flexibility index (Phi) is 3.96. The summed E-state index contributed by atoms with van der Waals surface area (Å²) in [7, 11) is 1.78. The first-order chi connectivity index (χ1) is 10.6. The molecule has 2 heterocycles. The third-order valence-electron chi connectivity index (χ3n) is 2.98. The van der Waals surface area contributed by atoms with Crippen LogP contribution in [0.3, 0.4) is 0 Å². The van der Waals surface area contributed by atoms with E-state index < -0.39 is 0 Å². The van der Waals surface area contributed by atoms with Gasteiger partial charge in [-0.1, -0.05) is 12.1 Å². The van der Waals surface area contributed by atoms with Gasteiger partial charge in [-0.05, 0) is 50.6 Å². The van der Waals surface area contributed by atoms with Crippen molar-refractivity contribution in [2.24, 2.45) is 0 Å². The van der Waals surface area contributed by atoms with Crippen molar-refractivity contribution in [3.05, 3.63) is 40.9 Å². The molecule has 0 saturated carbocycles. The lowest BCUT2D eigenvalue weighted by Crippen LogP contribution is -2.31. The number of fused-ring (bicyclic) bond motifs is 1. The molecule has 8 nitrogen and oxygen atoms in total. The van der Waals surface area contributed by atoms with Crippen LogP contribution in [-0.2, 0) is 4.79 Å². The van der Waals surface area contributed by atoms with Crippen LogP contribution in [0.2, 0.25) is 0 Å². The lowest BCUT2D eigenvalue weighted by molar-refractivity contribution is -0.114. The molecule has 1 N–H and O–H groups in total. The maximum atomic E-state index is 12.1. The Balaban J connectivity index is 1.69. The standard InChI is InChI=1S/C13H12BrN7O/c1-20(12-7-6-11-16-18-19-21(11)17-12)8-13(22)15-10-5-3-2-4-9(10)14/h2-7H,8H2,1H3,(H,15,22). The second kappa shape index (κ2) is 6.06. The summed E-state index contributed by atoms with van der Waals surface area (Å²) >= 11 is 3.39. The Bertz CT molecular complexity index is 819. The average molecular weight is 362 g/mol. The highest BCUT2D eigenvalue weighted by Gasteiger charge is 2.11. The number of aromatic nitrogens is 5. The lowest BCUT2D eigenvalue weighted by atomic mass is 10.3. The second-order valence-corrected chi connectivity index (χ2v) is 5.46. The lowest BCUT2D eigenvalue weighted by Gasteiger charge is -2.17. The number of carbonyl (C=O) groups excluding carboxylic acids is 1. The van der Waals surface area contributed by atoms with Gasteiger partial charge in [0.15, 0.2) is 11.5 Å². The summed E-state index contributed by atoms with van der Waals surface area (Å²) in [4.78, 5) is 13.8. The van der Waals surface area contributed by atoms with Gasteiger partial charge in [-0.2, -0.15) is 0 Å². The van der Waals surface area contributed by atoms with Crippen molar-refractivity contribution in [2.75, 3.05) is 23.8 Å². The number of nitrogens with zero attached hydrogens (tertiary/aromatic N) is 6. The van der Waals surface area contributed by atoms with Crippen LogP contribution < -0.4 is 10.2 Å². The number of rotatable bonds is 4. The minimum absolute atomic E-state index is 0.145. The smallest absolute Gasteiger partial charge is 0.243 e.